The Morgan fingerprint density at radius 2 is 1.96 bits per heavy atom. The van der Waals surface area contributed by atoms with Crippen LogP contribution in [-0.2, 0) is 9.59 Å². The van der Waals surface area contributed by atoms with Gasteiger partial charge < -0.3 is 10.6 Å². The van der Waals surface area contributed by atoms with Gasteiger partial charge in [-0.3, -0.25) is 14.7 Å². The van der Waals surface area contributed by atoms with Crippen LogP contribution in [0.25, 0.3) is 11.4 Å². The number of thioether (sulfide) groups is 1. The number of nitrogens with zero attached hydrogens (tertiary/aromatic N) is 3. The van der Waals surface area contributed by atoms with Crippen LogP contribution in [-0.4, -0.2) is 50.7 Å². The molecule has 1 aliphatic heterocycles. The lowest BCUT2D eigenvalue weighted by molar-refractivity contribution is -0.132. The number of aromatic nitrogens is 3. The fourth-order valence-corrected chi connectivity index (χ4v) is 3.37. The van der Waals surface area contributed by atoms with Gasteiger partial charge in [0.05, 0.1) is 5.75 Å². The molecule has 0 atom stereocenters. The van der Waals surface area contributed by atoms with Gasteiger partial charge in [-0.2, -0.15) is 0 Å². The third-order valence-electron chi connectivity index (χ3n) is 4.09. The Labute approximate surface area is 144 Å². The molecule has 2 heterocycles. The Balaban J connectivity index is 1.50. The molecule has 0 bridgehead atoms. The minimum atomic E-state index is -0.273. The number of hydrogen-bond acceptors (Lipinski definition) is 5. The molecule has 8 heteroatoms. The molecule has 0 radical (unpaired) electrons. The van der Waals surface area contributed by atoms with Crippen molar-refractivity contribution >= 4 is 23.6 Å². The summed E-state index contributed by atoms with van der Waals surface area (Å²) < 4.78 is 0. The van der Waals surface area contributed by atoms with E-state index in [9.17, 15) is 9.59 Å². The van der Waals surface area contributed by atoms with E-state index < -0.39 is 0 Å². The summed E-state index contributed by atoms with van der Waals surface area (Å²) in [5.74, 6) is 0.628. The number of H-pyrrole nitrogens is 1. The largest absolute Gasteiger partial charge is 0.369 e. The highest BCUT2D eigenvalue weighted by atomic mass is 32.2. The first-order valence-electron chi connectivity index (χ1n) is 7.81. The molecular formula is C16H19N5O2S. The van der Waals surface area contributed by atoms with Crippen LogP contribution in [0.5, 0.6) is 0 Å². The van der Waals surface area contributed by atoms with Crippen molar-refractivity contribution in [3.8, 4) is 11.4 Å². The molecule has 1 aromatic carbocycles. The number of rotatable bonds is 5. The van der Waals surface area contributed by atoms with Gasteiger partial charge in [-0.15, -0.1) is 5.10 Å². The second kappa shape index (κ2) is 7.48. The number of hydrogen-bond donors (Lipinski definition) is 2. The van der Waals surface area contributed by atoms with E-state index in [1.165, 1.54) is 11.8 Å². The van der Waals surface area contributed by atoms with Gasteiger partial charge in [-0.25, -0.2) is 4.98 Å². The van der Waals surface area contributed by atoms with E-state index in [-0.39, 0.29) is 23.5 Å². The van der Waals surface area contributed by atoms with Crippen LogP contribution < -0.4 is 5.73 Å². The second-order valence-corrected chi connectivity index (χ2v) is 6.62. The first kappa shape index (κ1) is 16.5. The number of nitrogens with one attached hydrogen (secondary N) is 1. The normalized spacial score (nSPS) is 15.4. The van der Waals surface area contributed by atoms with E-state index >= 15 is 0 Å². The minimum Gasteiger partial charge on any atom is -0.369 e. The van der Waals surface area contributed by atoms with Crippen LogP contribution >= 0.6 is 11.8 Å². The van der Waals surface area contributed by atoms with Crippen LogP contribution in [0.1, 0.15) is 12.8 Å². The molecule has 0 spiro atoms. The SMILES string of the molecule is NC(=O)C1CCN(C(=O)CSc2n[nH]c(-c3ccccc3)n2)CC1. The highest BCUT2D eigenvalue weighted by Crippen LogP contribution is 2.21. The van der Waals surface area contributed by atoms with E-state index in [0.29, 0.717) is 36.9 Å². The number of carbonyl (C=O) groups excluding carboxylic acids is 2. The van der Waals surface area contributed by atoms with E-state index in [0.717, 1.165) is 5.56 Å². The van der Waals surface area contributed by atoms with Crippen LogP contribution in [0.4, 0.5) is 0 Å². The van der Waals surface area contributed by atoms with Crippen molar-refractivity contribution in [3.05, 3.63) is 30.3 Å². The first-order chi connectivity index (χ1) is 11.6. The number of primary amides is 1. The summed E-state index contributed by atoms with van der Waals surface area (Å²) in [5.41, 5.74) is 6.26. The summed E-state index contributed by atoms with van der Waals surface area (Å²) >= 11 is 1.31. The Bertz CT molecular complexity index is 710. The molecule has 2 aromatic rings. The van der Waals surface area contributed by atoms with Gasteiger partial charge in [0, 0.05) is 24.6 Å². The quantitative estimate of drug-likeness (QED) is 0.795. The predicted molar refractivity (Wildman–Crippen MR) is 91.0 cm³/mol. The van der Waals surface area contributed by atoms with E-state index in [4.69, 9.17) is 5.73 Å². The van der Waals surface area contributed by atoms with Crippen molar-refractivity contribution < 1.29 is 9.59 Å². The van der Waals surface area contributed by atoms with Crippen LogP contribution in [0.2, 0.25) is 0 Å². The van der Waals surface area contributed by atoms with Gasteiger partial charge >= 0.3 is 0 Å². The first-order valence-corrected chi connectivity index (χ1v) is 8.80. The van der Waals surface area contributed by atoms with Crippen molar-refractivity contribution in [1.29, 1.82) is 0 Å². The maximum Gasteiger partial charge on any atom is 0.233 e. The fraction of sp³-hybridized carbons (Fsp3) is 0.375. The van der Waals surface area contributed by atoms with Crippen LogP contribution in [0, 0.1) is 5.92 Å². The third-order valence-corrected chi connectivity index (χ3v) is 4.92. The average molecular weight is 345 g/mol. The molecule has 1 fully saturated rings. The lowest BCUT2D eigenvalue weighted by atomic mass is 9.96. The zero-order chi connectivity index (χ0) is 16.9. The van der Waals surface area contributed by atoms with Gasteiger partial charge in [-0.05, 0) is 12.8 Å². The number of aromatic amines is 1. The molecule has 1 aliphatic rings. The van der Waals surface area contributed by atoms with Crippen molar-refractivity contribution in [2.24, 2.45) is 11.7 Å². The number of carbonyl (C=O) groups is 2. The standard InChI is InChI=1S/C16H19N5O2S/c17-14(23)11-6-8-21(9-7-11)13(22)10-24-16-18-15(19-20-16)12-4-2-1-3-5-12/h1-5,11H,6-10H2,(H2,17,23)(H,18,19,20). The van der Waals surface area contributed by atoms with Gasteiger partial charge in [0.1, 0.15) is 0 Å². The lowest BCUT2D eigenvalue weighted by Crippen LogP contribution is -2.42. The van der Waals surface area contributed by atoms with Crippen LogP contribution in [0.15, 0.2) is 35.5 Å². The van der Waals surface area contributed by atoms with Gasteiger partial charge in [0.2, 0.25) is 17.0 Å². The molecule has 0 saturated carbocycles. The summed E-state index contributed by atoms with van der Waals surface area (Å²) in [7, 11) is 0. The maximum atomic E-state index is 12.2. The number of amides is 2. The molecule has 1 saturated heterocycles. The zero-order valence-corrected chi connectivity index (χ0v) is 14.0. The molecule has 0 unspecified atom stereocenters. The van der Waals surface area contributed by atoms with E-state index in [1.807, 2.05) is 30.3 Å². The Morgan fingerprint density at radius 3 is 2.62 bits per heavy atom. The smallest absolute Gasteiger partial charge is 0.233 e. The van der Waals surface area contributed by atoms with Gasteiger partial charge in [-0.1, -0.05) is 42.1 Å². The maximum absolute atomic E-state index is 12.2. The molecule has 7 nitrogen and oxygen atoms in total. The van der Waals surface area contributed by atoms with Crippen molar-refractivity contribution in [1.82, 2.24) is 20.1 Å². The predicted octanol–water partition coefficient (Wildman–Crippen LogP) is 1.29. The summed E-state index contributed by atoms with van der Waals surface area (Å²) in [6.07, 6.45) is 1.29. The van der Waals surface area contributed by atoms with Crippen LogP contribution in [0.3, 0.4) is 0 Å². The molecule has 3 rings (SSSR count). The fourth-order valence-electron chi connectivity index (χ4n) is 2.67. The highest BCUT2D eigenvalue weighted by molar-refractivity contribution is 7.99. The van der Waals surface area contributed by atoms with Crippen molar-refractivity contribution in [3.63, 3.8) is 0 Å². The molecule has 0 aliphatic carbocycles. The topological polar surface area (TPSA) is 105 Å². The van der Waals surface area contributed by atoms with Crippen molar-refractivity contribution in [2.75, 3.05) is 18.8 Å². The molecule has 24 heavy (non-hydrogen) atoms. The minimum absolute atomic E-state index is 0.0361. The number of nitrogens with two attached hydrogens (primary N) is 1. The van der Waals surface area contributed by atoms with Gasteiger partial charge in [0.15, 0.2) is 5.82 Å². The summed E-state index contributed by atoms with van der Waals surface area (Å²) in [4.78, 5) is 29.6. The number of likely N-dealkylation sites (tertiary alicyclic amines) is 1. The highest BCUT2D eigenvalue weighted by Gasteiger charge is 2.25. The molecular weight excluding hydrogens is 326 g/mol. The summed E-state index contributed by atoms with van der Waals surface area (Å²) in [5, 5.41) is 7.58. The lowest BCUT2D eigenvalue weighted by Gasteiger charge is -2.30. The molecule has 126 valence electrons. The van der Waals surface area contributed by atoms with Crippen molar-refractivity contribution in [2.45, 2.75) is 18.0 Å². The number of benzene rings is 1. The zero-order valence-electron chi connectivity index (χ0n) is 13.1. The Kier molecular flexibility index (Phi) is 5.14. The second-order valence-electron chi connectivity index (χ2n) is 5.68. The Morgan fingerprint density at radius 1 is 1.25 bits per heavy atom. The monoisotopic (exact) mass is 345 g/mol. The third kappa shape index (κ3) is 3.94. The number of piperidine rings is 1. The summed E-state index contributed by atoms with van der Waals surface area (Å²) in [6, 6.07) is 9.70. The van der Waals surface area contributed by atoms with E-state index in [1.54, 1.807) is 4.90 Å². The molecule has 1 aromatic heterocycles. The summed E-state index contributed by atoms with van der Waals surface area (Å²) in [6.45, 7) is 1.16. The molecule has 3 N–H and O–H groups in total. The molecule has 2 amide bonds. The average Bonchev–Trinajstić information content (AvgIpc) is 3.09. The van der Waals surface area contributed by atoms with E-state index in [2.05, 4.69) is 15.2 Å². The Hall–Kier alpha value is -2.35. The van der Waals surface area contributed by atoms with Gasteiger partial charge in [0.25, 0.3) is 0 Å².